The summed E-state index contributed by atoms with van der Waals surface area (Å²) in [6.07, 6.45) is 5.02. The number of amides is 1. The van der Waals surface area contributed by atoms with Crippen molar-refractivity contribution in [1.29, 1.82) is 0 Å². The Hall–Kier alpha value is -2.70. The van der Waals surface area contributed by atoms with E-state index in [1.165, 1.54) is 0 Å². The number of halogens is 1. The van der Waals surface area contributed by atoms with Crippen LogP contribution in [0.15, 0.2) is 48.5 Å². The summed E-state index contributed by atoms with van der Waals surface area (Å²) in [5.41, 5.74) is 5.10. The molecular formula is C25H23ClN2O3S. The zero-order valence-electron chi connectivity index (χ0n) is 17.5. The van der Waals surface area contributed by atoms with E-state index in [2.05, 4.69) is 11.4 Å². The number of carbonyl (C=O) groups is 1. The molecule has 1 atom stereocenters. The van der Waals surface area contributed by atoms with Crippen molar-refractivity contribution in [2.45, 2.75) is 31.7 Å². The fourth-order valence-electron chi connectivity index (χ4n) is 4.68. The molecule has 0 spiro atoms. The average molecular weight is 467 g/mol. The van der Waals surface area contributed by atoms with Crippen molar-refractivity contribution in [3.63, 3.8) is 0 Å². The maximum atomic E-state index is 13.4. The van der Waals surface area contributed by atoms with Crippen molar-refractivity contribution in [1.82, 2.24) is 10.3 Å². The monoisotopic (exact) mass is 466 g/mol. The second-order valence-corrected chi connectivity index (χ2v) is 11.1. The third-order valence-electron chi connectivity index (χ3n) is 6.20. The van der Waals surface area contributed by atoms with Crippen LogP contribution in [-0.4, -0.2) is 36.9 Å². The van der Waals surface area contributed by atoms with Gasteiger partial charge in [0, 0.05) is 16.5 Å². The van der Waals surface area contributed by atoms with Crippen molar-refractivity contribution in [2.75, 3.05) is 11.5 Å². The summed E-state index contributed by atoms with van der Waals surface area (Å²) in [6, 6.07) is 15.0. The van der Waals surface area contributed by atoms with Gasteiger partial charge in [-0.15, -0.1) is 0 Å². The van der Waals surface area contributed by atoms with Gasteiger partial charge in [0.25, 0.3) is 5.91 Å². The van der Waals surface area contributed by atoms with Crippen LogP contribution < -0.4 is 5.32 Å². The Balaban J connectivity index is 1.62. The van der Waals surface area contributed by atoms with E-state index in [0.717, 1.165) is 52.6 Å². The van der Waals surface area contributed by atoms with Gasteiger partial charge in [0.2, 0.25) is 0 Å². The molecule has 2 aliphatic rings. The summed E-state index contributed by atoms with van der Waals surface area (Å²) in [7, 11) is -3.08. The molecule has 1 amide bonds. The molecule has 32 heavy (non-hydrogen) atoms. The standard InChI is InChI=1S/C25H23ClN2O3S/c26-21-10-3-1-6-16(21)14-17-7-5-9-20-23(19-8-2-4-11-22(19)28-24(17)20)25(29)27-18-12-13-32(30,31)15-18/h1-4,6,8,10-11,14,18H,5,7,9,12-13,15H2,(H,27,29). The number of rotatable bonds is 3. The van der Waals surface area contributed by atoms with Gasteiger partial charge in [0.15, 0.2) is 9.84 Å². The normalized spacial score (nSPS) is 20.9. The van der Waals surface area contributed by atoms with E-state index in [-0.39, 0.29) is 23.5 Å². The third kappa shape index (κ3) is 4.05. The molecule has 1 fully saturated rings. The molecule has 7 heteroatoms. The Morgan fingerprint density at radius 1 is 1.09 bits per heavy atom. The van der Waals surface area contributed by atoms with E-state index in [0.29, 0.717) is 17.0 Å². The first-order chi connectivity index (χ1) is 15.4. The highest BCUT2D eigenvalue weighted by Gasteiger charge is 2.31. The van der Waals surface area contributed by atoms with Crippen LogP contribution in [0.5, 0.6) is 0 Å². The lowest BCUT2D eigenvalue weighted by molar-refractivity contribution is 0.0941. The van der Waals surface area contributed by atoms with Crippen LogP contribution in [-0.2, 0) is 16.3 Å². The van der Waals surface area contributed by atoms with Crippen molar-refractivity contribution in [3.8, 4) is 0 Å². The molecule has 2 aromatic carbocycles. The Labute approximate surface area is 192 Å². The number of nitrogens with one attached hydrogen (secondary N) is 1. The van der Waals surface area contributed by atoms with Crippen LogP contribution in [0.25, 0.3) is 22.6 Å². The largest absolute Gasteiger partial charge is 0.348 e. The first kappa shape index (κ1) is 21.2. The van der Waals surface area contributed by atoms with Crippen molar-refractivity contribution < 1.29 is 13.2 Å². The maximum absolute atomic E-state index is 13.4. The van der Waals surface area contributed by atoms with Gasteiger partial charge in [-0.1, -0.05) is 48.0 Å². The number of fused-ring (bicyclic) bond motifs is 2. The van der Waals surface area contributed by atoms with Crippen molar-refractivity contribution >= 4 is 49.9 Å². The van der Waals surface area contributed by atoms with Crippen LogP contribution in [0.4, 0.5) is 0 Å². The van der Waals surface area contributed by atoms with Gasteiger partial charge in [0.1, 0.15) is 0 Å². The number of hydrogen-bond acceptors (Lipinski definition) is 4. The summed E-state index contributed by atoms with van der Waals surface area (Å²) in [6.45, 7) is 0. The lowest BCUT2D eigenvalue weighted by Crippen LogP contribution is -2.36. The van der Waals surface area contributed by atoms with Gasteiger partial charge < -0.3 is 5.32 Å². The summed E-state index contributed by atoms with van der Waals surface area (Å²) in [5, 5.41) is 4.45. The fourth-order valence-corrected chi connectivity index (χ4v) is 6.54. The second kappa shape index (κ2) is 8.34. The molecule has 5 nitrogen and oxygen atoms in total. The summed E-state index contributed by atoms with van der Waals surface area (Å²) in [5.74, 6) is -0.0969. The molecule has 0 bridgehead atoms. The smallest absolute Gasteiger partial charge is 0.252 e. The zero-order chi connectivity index (χ0) is 22.3. The van der Waals surface area contributed by atoms with Crippen LogP contribution in [0.3, 0.4) is 0 Å². The van der Waals surface area contributed by atoms with Gasteiger partial charge in [-0.05, 0) is 60.6 Å². The number of pyridine rings is 1. The van der Waals surface area contributed by atoms with E-state index >= 15 is 0 Å². The number of nitrogens with zero attached hydrogens (tertiary/aromatic N) is 1. The topological polar surface area (TPSA) is 76.1 Å². The van der Waals surface area contributed by atoms with Crippen LogP contribution >= 0.6 is 11.6 Å². The Bertz CT molecular complexity index is 1360. The molecule has 2 heterocycles. The number of para-hydroxylation sites is 1. The number of allylic oxidation sites excluding steroid dienone is 1. The lowest BCUT2D eigenvalue weighted by atomic mass is 9.85. The quantitative estimate of drug-likeness (QED) is 0.608. The predicted octanol–water partition coefficient (Wildman–Crippen LogP) is 4.68. The minimum absolute atomic E-state index is 0.00159. The maximum Gasteiger partial charge on any atom is 0.252 e. The highest BCUT2D eigenvalue weighted by atomic mass is 35.5. The number of carbonyl (C=O) groups excluding carboxylic acids is 1. The molecule has 1 aromatic heterocycles. The van der Waals surface area contributed by atoms with Crippen LogP contribution in [0, 0.1) is 0 Å². The molecule has 3 aromatic rings. The number of benzene rings is 2. The van der Waals surface area contributed by atoms with Gasteiger partial charge >= 0.3 is 0 Å². The molecule has 1 unspecified atom stereocenters. The zero-order valence-corrected chi connectivity index (χ0v) is 19.0. The molecular weight excluding hydrogens is 444 g/mol. The van der Waals surface area contributed by atoms with Crippen LogP contribution in [0.1, 0.15) is 46.4 Å². The fraction of sp³-hybridized carbons (Fsp3) is 0.280. The number of hydrogen-bond donors (Lipinski definition) is 1. The summed E-state index contributed by atoms with van der Waals surface area (Å²) < 4.78 is 23.7. The van der Waals surface area contributed by atoms with Crippen LogP contribution in [0.2, 0.25) is 5.02 Å². The molecule has 5 rings (SSSR count). The molecule has 1 aliphatic carbocycles. The summed E-state index contributed by atoms with van der Waals surface area (Å²) in [4.78, 5) is 18.4. The van der Waals surface area contributed by atoms with Gasteiger partial charge in [-0.25, -0.2) is 13.4 Å². The van der Waals surface area contributed by atoms with E-state index in [1.54, 1.807) is 0 Å². The first-order valence-electron chi connectivity index (χ1n) is 10.8. The van der Waals surface area contributed by atoms with Crippen molar-refractivity contribution in [3.05, 3.63) is 75.9 Å². The van der Waals surface area contributed by atoms with E-state index in [9.17, 15) is 13.2 Å². The molecule has 0 saturated carbocycles. The first-order valence-corrected chi connectivity index (χ1v) is 13.0. The lowest BCUT2D eigenvalue weighted by Gasteiger charge is -2.23. The predicted molar refractivity (Wildman–Crippen MR) is 129 cm³/mol. The van der Waals surface area contributed by atoms with Crippen molar-refractivity contribution in [2.24, 2.45) is 0 Å². The highest BCUT2D eigenvalue weighted by molar-refractivity contribution is 7.91. The summed E-state index contributed by atoms with van der Waals surface area (Å²) >= 11 is 6.39. The van der Waals surface area contributed by atoms with E-state index in [1.807, 2.05) is 48.5 Å². The average Bonchev–Trinajstić information content (AvgIpc) is 3.12. The highest BCUT2D eigenvalue weighted by Crippen LogP contribution is 2.37. The Morgan fingerprint density at radius 2 is 1.88 bits per heavy atom. The Morgan fingerprint density at radius 3 is 2.66 bits per heavy atom. The molecule has 1 saturated heterocycles. The second-order valence-electron chi connectivity index (χ2n) is 8.45. The van der Waals surface area contributed by atoms with E-state index < -0.39 is 9.84 Å². The molecule has 1 N–H and O–H groups in total. The molecule has 0 radical (unpaired) electrons. The van der Waals surface area contributed by atoms with Gasteiger partial charge in [-0.3, -0.25) is 4.79 Å². The van der Waals surface area contributed by atoms with Gasteiger partial charge in [-0.2, -0.15) is 0 Å². The minimum atomic E-state index is -3.08. The SMILES string of the molecule is O=C(NC1CCS(=O)(=O)C1)c1c2c(nc3ccccc13)C(=Cc1ccccc1Cl)CCC2. The Kier molecular flexibility index (Phi) is 5.51. The number of aromatic nitrogens is 1. The molecule has 1 aliphatic heterocycles. The third-order valence-corrected chi connectivity index (χ3v) is 8.31. The molecule has 164 valence electrons. The number of sulfone groups is 1. The minimum Gasteiger partial charge on any atom is -0.348 e. The van der Waals surface area contributed by atoms with E-state index in [4.69, 9.17) is 16.6 Å². The van der Waals surface area contributed by atoms with Gasteiger partial charge in [0.05, 0.1) is 28.3 Å².